The van der Waals surface area contributed by atoms with Gasteiger partial charge in [0.05, 0.1) is 0 Å². The summed E-state index contributed by atoms with van der Waals surface area (Å²) in [6, 6.07) is 1.62. The molecule has 1 saturated heterocycles. The molecule has 6 rings (SSSR count). The Morgan fingerprint density at radius 1 is 1.11 bits per heavy atom. The summed E-state index contributed by atoms with van der Waals surface area (Å²) in [7, 11) is 0. The maximum absolute atomic E-state index is 4.17. The lowest BCUT2D eigenvalue weighted by atomic mass is 9.38. The van der Waals surface area contributed by atoms with Crippen molar-refractivity contribution in [1.82, 2.24) is 10.2 Å². The molecule has 8 unspecified atom stereocenters. The summed E-state index contributed by atoms with van der Waals surface area (Å²) < 4.78 is 0. The first-order chi connectivity index (χ1) is 13.2. The molecule has 148 valence electrons. The van der Waals surface area contributed by atoms with E-state index in [0.717, 1.165) is 53.0 Å². The number of rotatable bonds is 6. The molecule has 4 saturated carbocycles. The van der Waals surface area contributed by atoms with E-state index in [1.807, 2.05) is 0 Å². The summed E-state index contributed by atoms with van der Waals surface area (Å²) in [5.41, 5.74) is 0.871. The van der Waals surface area contributed by atoms with Crippen LogP contribution in [0.1, 0.15) is 58.3 Å². The zero-order valence-electron chi connectivity index (χ0n) is 17.2. The second kappa shape index (κ2) is 6.46. The Labute approximate surface area is 165 Å². The lowest BCUT2D eigenvalue weighted by Gasteiger charge is -2.68. The zero-order valence-corrected chi connectivity index (χ0v) is 17.2. The van der Waals surface area contributed by atoms with Crippen LogP contribution in [0.4, 0.5) is 0 Å². The molecule has 1 spiro atoms. The van der Waals surface area contributed by atoms with Crippen LogP contribution in [0.25, 0.3) is 0 Å². The van der Waals surface area contributed by atoms with E-state index < -0.39 is 0 Å². The summed E-state index contributed by atoms with van der Waals surface area (Å²) in [5, 5.41) is 4.17. The van der Waals surface area contributed by atoms with Crippen LogP contribution in [0.3, 0.4) is 0 Å². The third-order valence-corrected chi connectivity index (χ3v) is 9.90. The molecule has 6 aliphatic rings. The molecule has 2 nitrogen and oxygen atoms in total. The highest BCUT2D eigenvalue weighted by Gasteiger charge is 2.76. The van der Waals surface area contributed by atoms with Gasteiger partial charge in [0.15, 0.2) is 0 Å². The van der Waals surface area contributed by atoms with E-state index >= 15 is 0 Å². The Morgan fingerprint density at radius 2 is 1.96 bits per heavy atom. The van der Waals surface area contributed by atoms with E-state index in [2.05, 4.69) is 41.4 Å². The lowest BCUT2D eigenvalue weighted by molar-refractivity contribution is -0.184. The third-order valence-electron chi connectivity index (χ3n) is 9.90. The molecule has 1 aliphatic heterocycles. The zero-order chi connectivity index (χ0) is 18.0. The maximum Gasteiger partial charge on any atom is 0.0132 e. The number of nitrogens with zero attached hydrogens (tertiary/aromatic N) is 1. The second-order valence-corrected chi connectivity index (χ2v) is 11.2. The van der Waals surface area contributed by atoms with Gasteiger partial charge in [-0.3, -0.25) is 0 Å². The lowest BCUT2D eigenvalue weighted by Crippen LogP contribution is -2.65. The highest BCUT2D eigenvalue weighted by Crippen LogP contribution is 2.81. The summed E-state index contributed by atoms with van der Waals surface area (Å²) in [5.74, 6) is 6.12. The van der Waals surface area contributed by atoms with Crippen molar-refractivity contribution < 1.29 is 0 Å². The smallest absolute Gasteiger partial charge is 0.0132 e. The van der Waals surface area contributed by atoms with Gasteiger partial charge in [-0.25, -0.2) is 0 Å². The largest absolute Gasteiger partial charge is 0.311 e. The molecule has 8 atom stereocenters. The number of likely N-dealkylation sites (tertiary alicyclic amines) is 1. The minimum Gasteiger partial charge on any atom is -0.311 e. The van der Waals surface area contributed by atoms with Gasteiger partial charge >= 0.3 is 0 Å². The predicted molar refractivity (Wildman–Crippen MR) is 111 cm³/mol. The highest BCUT2D eigenvalue weighted by atomic mass is 15.1. The SMILES string of the molecule is CC(CC1CCN(CC2C=CC=CC2)CC1)NC1C2CC3CC4CC1C34C2. The van der Waals surface area contributed by atoms with Crippen LogP contribution < -0.4 is 5.32 Å². The molecule has 2 bridgehead atoms. The summed E-state index contributed by atoms with van der Waals surface area (Å²) in [6.07, 6.45) is 21.0. The average molecular weight is 367 g/mol. The Hall–Kier alpha value is -0.600. The monoisotopic (exact) mass is 366 g/mol. The normalized spacial score (nSPS) is 48.9. The fraction of sp³-hybridized carbons (Fsp3) is 0.840. The summed E-state index contributed by atoms with van der Waals surface area (Å²) in [6.45, 7) is 6.42. The molecule has 0 aromatic carbocycles. The Morgan fingerprint density at radius 3 is 2.70 bits per heavy atom. The van der Waals surface area contributed by atoms with Gasteiger partial charge in [-0.1, -0.05) is 24.3 Å². The van der Waals surface area contributed by atoms with Gasteiger partial charge in [0.2, 0.25) is 0 Å². The Balaban J connectivity index is 0.961. The number of hydrogen-bond acceptors (Lipinski definition) is 2. The van der Waals surface area contributed by atoms with Crippen molar-refractivity contribution in [1.29, 1.82) is 0 Å². The van der Waals surface area contributed by atoms with Crippen LogP contribution in [-0.4, -0.2) is 36.6 Å². The van der Waals surface area contributed by atoms with Gasteiger partial charge in [0.25, 0.3) is 0 Å². The van der Waals surface area contributed by atoms with Crippen molar-refractivity contribution in [2.24, 2.45) is 40.9 Å². The average Bonchev–Trinajstić information content (AvgIpc) is 3.16. The van der Waals surface area contributed by atoms with Gasteiger partial charge in [0, 0.05) is 18.6 Å². The fourth-order valence-corrected chi connectivity index (χ4v) is 8.68. The van der Waals surface area contributed by atoms with Crippen LogP contribution in [0.15, 0.2) is 24.3 Å². The first-order valence-corrected chi connectivity index (χ1v) is 12.0. The van der Waals surface area contributed by atoms with Crippen molar-refractivity contribution in [3.63, 3.8) is 0 Å². The van der Waals surface area contributed by atoms with Gasteiger partial charge in [-0.05, 0) is 112 Å². The molecular formula is C25H38N2. The van der Waals surface area contributed by atoms with Crippen molar-refractivity contribution in [3.8, 4) is 0 Å². The highest BCUT2D eigenvalue weighted by molar-refractivity contribution is 5.26. The van der Waals surface area contributed by atoms with Crippen LogP contribution >= 0.6 is 0 Å². The van der Waals surface area contributed by atoms with Gasteiger partial charge in [-0.15, -0.1) is 0 Å². The van der Waals surface area contributed by atoms with E-state index in [-0.39, 0.29) is 0 Å². The molecular weight excluding hydrogens is 328 g/mol. The molecule has 27 heavy (non-hydrogen) atoms. The predicted octanol–water partition coefficient (Wildman–Crippen LogP) is 4.63. The molecule has 0 amide bonds. The molecule has 5 fully saturated rings. The molecule has 1 heterocycles. The molecule has 5 aliphatic carbocycles. The number of hydrogen-bond donors (Lipinski definition) is 1. The van der Waals surface area contributed by atoms with Gasteiger partial charge in [0.1, 0.15) is 0 Å². The van der Waals surface area contributed by atoms with Crippen molar-refractivity contribution in [3.05, 3.63) is 24.3 Å². The van der Waals surface area contributed by atoms with Crippen LogP contribution in [0, 0.1) is 40.9 Å². The molecule has 0 aromatic heterocycles. The number of piperidine rings is 1. The van der Waals surface area contributed by atoms with Gasteiger partial charge in [-0.2, -0.15) is 0 Å². The minimum atomic E-state index is 0.728. The molecule has 1 N–H and O–H groups in total. The quantitative estimate of drug-likeness (QED) is 0.737. The van der Waals surface area contributed by atoms with E-state index in [9.17, 15) is 0 Å². The number of nitrogens with one attached hydrogen (secondary N) is 1. The van der Waals surface area contributed by atoms with E-state index in [1.165, 1.54) is 45.3 Å². The van der Waals surface area contributed by atoms with Crippen molar-refractivity contribution >= 4 is 0 Å². The van der Waals surface area contributed by atoms with Crippen molar-refractivity contribution in [2.75, 3.05) is 19.6 Å². The third kappa shape index (κ3) is 2.65. The summed E-state index contributed by atoms with van der Waals surface area (Å²) in [4.78, 5) is 2.73. The van der Waals surface area contributed by atoms with Crippen LogP contribution in [0.5, 0.6) is 0 Å². The first kappa shape index (κ1) is 17.3. The van der Waals surface area contributed by atoms with E-state index in [0.29, 0.717) is 0 Å². The summed E-state index contributed by atoms with van der Waals surface area (Å²) >= 11 is 0. The minimum absolute atomic E-state index is 0.728. The molecule has 0 aromatic rings. The molecule has 2 heteroatoms. The van der Waals surface area contributed by atoms with Crippen LogP contribution in [-0.2, 0) is 0 Å². The fourth-order valence-electron chi connectivity index (χ4n) is 8.68. The molecule has 0 radical (unpaired) electrons. The Kier molecular flexibility index (Phi) is 4.13. The number of fused-ring (bicyclic) bond motifs is 1. The topological polar surface area (TPSA) is 15.3 Å². The van der Waals surface area contributed by atoms with E-state index in [1.54, 1.807) is 25.7 Å². The second-order valence-electron chi connectivity index (χ2n) is 11.2. The van der Waals surface area contributed by atoms with Crippen molar-refractivity contribution in [2.45, 2.75) is 70.4 Å². The first-order valence-electron chi connectivity index (χ1n) is 12.0. The van der Waals surface area contributed by atoms with Crippen LogP contribution in [0.2, 0.25) is 0 Å². The van der Waals surface area contributed by atoms with Gasteiger partial charge < -0.3 is 10.2 Å². The number of allylic oxidation sites excluding steroid dienone is 3. The standard InChI is InChI=1S/C25H38N2/c1-17(26-24-20-12-21-13-22-14-23(24)25(21,22)15-20)11-18-7-9-27(10-8-18)16-19-5-3-2-4-6-19/h2-5,17-24,26H,6-16H2,1H3. The Bertz CT molecular complexity index is 630. The van der Waals surface area contributed by atoms with E-state index in [4.69, 9.17) is 0 Å². The maximum atomic E-state index is 4.17.